The topological polar surface area (TPSA) is 49.8 Å². The van der Waals surface area contributed by atoms with Crippen LogP contribution in [-0.2, 0) is 0 Å². The molecule has 108 valence electrons. The summed E-state index contributed by atoms with van der Waals surface area (Å²) in [7, 11) is 0. The highest BCUT2D eigenvalue weighted by Gasteiger charge is 2.14. The zero-order chi connectivity index (χ0) is 14.4. The molecule has 1 rings (SSSR count). The summed E-state index contributed by atoms with van der Waals surface area (Å²) in [5, 5.41) is 6.84. The van der Waals surface area contributed by atoms with E-state index in [4.69, 9.17) is 0 Å². The van der Waals surface area contributed by atoms with Crippen LogP contribution >= 0.6 is 0 Å². The van der Waals surface area contributed by atoms with Crippen molar-refractivity contribution >= 4 is 11.6 Å². The lowest BCUT2D eigenvalue weighted by atomic mass is 10.1. The average molecular weight is 264 g/mol. The lowest BCUT2D eigenvalue weighted by Crippen LogP contribution is -2.19. The van der Waals surface area contributed by atoms with Crippen LogP contribution in [0.25, 0.3) is 0 Å². The minimum atomic E-state index is 0.333. The van der Waals surface area contributed by atoms with Crippen LogP contribution in [0.2, 0.25) is 0 Å². The molecule has 2 N–H and O–H groups in total. The molecule has 0 aromatic carbocycles. The van der Waals surface area contributed by atoms with Crippen LogP contribution < -0.4 is 10.6 Å². The number of nitrogens with one attached hydrogen (secondary N) is 2. The first-order chi connectivity index (χ1) is 8.99. The standard InChI is InChI=1S/C15H28N4/c1-7-9-11(5)17-15-12(6)14(16-8-2)18-13(19-15)10(3)4/h10-11H,7-9H2,1-6H3,(H2,16,17,18,19). The molecule has 0 saturated heterocycles. The van der Waals surface area contributed by atoms with Gasteiger partial charge in [0.1, 0.15) is 17.5 Å². The van der Waals surface area contributed by atoms with Gasteiger partial charge in [-0.05, 0) is 27.2 Å². The Morgan fingerprint density at radius 3 is 2.21 bits per heavy atom. The number of rotatable bonds is 7. The maximum atomic E-state index is 4.67. The van der Waals surface area contributed by atoms with E-state index in [0.29, 0.717) is 12.0 Å². The second-order valence-electron chi connectivity index (χ2n) is 5.42. The highest BCUT2D eigenvalue weighted by atomic mass is 15.1. The van der Waals surface area contributed by atoms with Crippen LogP contribution in [0.3, 0.4) is 0 Å². The van der Waals surface area contributed by atoms with Crippen molar-refractivity contribution in [2.45, 2.75) is 66.3 Å². The third-order valence-corrected chi connectivity index (χ3v) is 3.13. The van der Waals surface area contributed by atoms with E-state index in [2.05, 4.69) is 62.1 Å². The number of hydrogen-bond acceptors (Lipinski definition) is 4. The van der Waals surface area contributed by atoms with Gasteiger partial charge in [-0.25, -0.2) is 9.97 Å². The van der Waals surface area contributed by atoms with Gasteiger partial charge < -0.3 is 10.6 Å². The van der Waals surface area contributed by atoms with E-state index in [9.17, 15) is 0 Å². The molecule has 0 saturated carbocycles. The number of hydrogen-bond donors (Lipinski definition) is 2. The van der Waals surface area contributed by atoms with Crippen LogP contribution in [0.15, 0.2) is 0 Å². The van der Waals surface area contributed by atoms with E-state index in [1.165, 1.54) is 6.42 Å². The average Bonchev–Trinajstić information content (AvgIpc) is 2.34. The second-order valence-corrected chi connectivity index (χ2v) is 5.42. The van der Waals surface area contributed by atoms with Crippen molar-refractivity contribution in [2.24, 2.45) is 0 Å². The molecule has 19 heavy (non-hydrogen) atoms. The zero-order valence-electron chi connectivity index (χ0n) is 13.2. The summed E-state index contributed by atoms with van der Waals surface area (Å²) in [5.41, 5.74) is 1.11. The molecule has 0 aliphatic carbocycles. The molecule has 0 amide bonds. The van der Waals surface area contributed by atoms with Gasteiger partial charge in [0.2, 0.25) is 0 Å². The first-order valence-corrected chi connectivity index (χ1v) is 7.38. The summed E-state index contributed by atoms with van der Waals surface area (Å²) in [6.07, 6.45) is 2.33. The Morgan fingerprint density at radius 1 is 1.05 bits per heavy atom. The molecule has 1 heterocycles. The Balaban J connectivity index is 3.06. The predicted octanol–water partition coefficient (Wildman–Crippen LogP) is 3.94. The summed E-state index contributed by atoms with van der Waals surface area (Å²) in [4.78, 5) is 9.29. The Bertz CT molecular complexity index is 401. The number of aromatic nitrogens is 2. The van der Waals surface area contributed by atoms with Gasteiger partial charge >= 0.3 is 0 Å². The van der Waals surface area contributed by atoms with Gasteiger partial charge in [-0.1, -0.05) is 27.2 Å². The summed E-state index contributed by atoms with van der Waals surface area (Å²) >= 11 is 0. The Hall–Kier alpha value is -1.32. The largest absolute Gasteiger partial charge is 0.370 e. The summed E-state index contributed by atoms with van der Waals surface area (Å²) < 4.78 is 0. The minimum Gasteiger partial charge on any atom is -0.370 e. The van der Waals surface area contributed by atoms with E-state index in [1.807, 2.05) is 0 Å². The fourth-order valence-electron chi connectivity index (χ4n) is 2.01. The first kappa shape index (κ1) is 15.7. The molecule has 0 spiro atoms. The van der Waals surface area contributed by atoms with Crippen molar-refractivity contribution in [3.05, 3.63) is 11.4 Å². The van der Waals surface area contributed by atoms with Crippen molar-refractivity contribution in [3.63, 3.8) is 0 Å². The molecule has 1 aromatic heterocycles. The van der Waals surface area contributed by atoms with Crippen molar-refractivity contribution in [2.75, 3.05) is 17.2 Å². The normalized spacial score (nSPS) is 12.6. The molecule has 0 fully saturated rings. The maximum Gasteiger partial charge on any atom is 0.135 e. The third kappa shape index (κ3) is 4.37. The molecule has 4 heteroatoms. The van der Waals surface area contributed by atoms with Crippen molar-refractivity contribution in [1.82, 2.24) is 9.97 Å². The Kier molecular flexibility index (Phi) is 6.06. The monoisotopic (exact) mass is 264 g/mol. The molecule has 1 unspecified atom stereocenters. The van der Waals surface area contributed by atoms with Gasteiger partial charge in [-0.15, -0.1) is 0 Å². The molecule has 1 atom stereocenters. The summed E-state index contributed by atoms with van der Waals surface area (Å²) in [6.45, 7) is 13.7. The molecular weight excluding hydrogens is 236 g/mol. The van der Waals surface area contributed by atoms with Gasteiger partial charge in [-0.3, -0.25) is 0 Å². The van der Waals surface area contributed by atoms with Crippen LogP contribution in [0.4, 0.5) is 11.6 Å². The van der Waals surface area contributed by atoms with Crippen LogP contribution in [-0.4, -0.2) is 22.6 Å². The van der Waals surface area contributed by atoms with E-state index in [-0.39, 0.29) is 0 Å². The summed E-state index contributed by atoms with van der Waals surface area (Å²) in [6, 6.07) is 0.438. The first-order valence-electron chi connectivity index (χ1n) is 7.38. The van der Waals surface area contributed by atoms with E-state index in [0.717, 1.165) is 36.0 Å². The van der Waals surface area contributed by atoms with Crippen molar-refractivity contribution in [3.8, 4) is 0 Å². The molecule has 0 aliphatic rings. The van der Waals surface area contributed by atoms with E-state index >= 15 is 0 Å². The molecule has 1 aromatic rings. The quantitative estimate of drug-likeness (QED) is 0.783. The fraction of sp³-hybridized carbons (Fsp3) is 0.733. The maximum absolute atomic E-state index is 4.67. The van der Waals surface area contributed by atoms with Gasteiger partial charge in [-0.2, -0.15) is 0 Å². The number of nitrogens with zero attached hydrogens (tertiary/aromatic N) is 2. The molecular formula is C15H28N4. The lowest BCUT2D eigenvalue weighted by molar-refractivity contribution is 0.682. The van der Waals surface area contributed by atoms with E-state index in [1.54, 1.807) is 0 Å². The molecule has 0 radical (unpaired) electrons. The predicted molar refractivity (Wildman–Crippen MR) is 83.0 cm³/mol. The van der Waals surface area contributed by atoms with Crippen molar-refractivity contribution < 1.29 is 0 Å². The lowest BCUT2D eigenvalue weighted by Gasteiger charge is -2.19. The van der Waals surface area contributed by atoms with Gasteiger partial charge in [0.15, 0.2) is 0 Å². The van der Waals surface area contributed by atoms with E-state index < -0.39 is 0 Å². The number of anilines is 2. The smallest absolute Gasteiger partial charge is 0.135 e. The fourth-order valence-corrected chi connectivity index (χ4v) is 2.01. The van der Waals surface area contributed by atoms with Gasteiger partial charge in [0.25, 0.3) is 0 Å². The second kappa shape index (κ2) is 7.31. The molecule has 4 nitrogen and oxygen atoms in total. The third-order valence-electron chi connectivity index (χ3n) is 3.13. The Morgan fingerprint density at radius 2 is 1.68 bits per heavy atom. The van der Waals surface area contributed by atoms with Crippen molar-refractivity contribution in [1.29, 1.82) is 0 Å². The summed E-state index contributed by atoms with van der Waals surface area (Å²) in [5.74, 6) is 3.15. The van der Waals surface area contributed by atoms with Crippen LogP contribution in [0.1, 0.15) is 64.8 Å². The van der Waals surface area contributed by atoms with Crippen LogP contribution in [0, 0.1) is 6.92 Å². The van der Waals surface area contributed by atoms with Gasteiger partial charge in [0.05, 0.1) is 0 Å². The highest BCUT2D eigenvalue weighted by Crippen LogP contribution is 2.24. The highest BCUT2D eigenvalue weighted by molar-refractivity contribution is 5.57. The van der Waals surface area contributed by atoms with Gasteiger partial charge in [0, 0.05) is 24.1 Å². The Labute approximate surface area is 117 Å². The zero-order valence-corrected chi connectivity index (χ0v) is 13.2. The molecule has 0 aliphatic heterocycles. The van der Waals surface area contributed by atoms with Crippen LogP contribution in [0.5, 0.6) is 0 Å². The minimum absolute atomic E-state index is 0.333. The SMILES string of the molecule is CCCC(C)Nc1nc(C(C)C)nc(NCC)c1C. The molecule has 0 bridgehead atoms.